The van der Waals surface area contributed by atoms with Crippen LogP contribution in [0.25, 0.3) is 0 Å². The molecule has 4 N–H and O–H groups in total. The summed E-state index contributed by atoms with van der Waals surface area (Å²) < 4.78 is 0. The van der Waals surface area contributed by atoms with Gasteiger partial charge in [0.15, 0.2) is 0 Å². The van der Waals surface area contributed by atoms with Crippen LogP contribution in [0.2, 0.25) is 0 Å². The molecule has 2 rings (SSSR count). The van der Waals surface area contributed by atoms with Crippen molar-refractivity contribution in [3.63, 3.8) is 0 Å². The molecule has 2 unspecified atom stereocenters. The van der Waals surface area contributed by atoms with Gasteiger partial charge in [-0.1, -0.05) is 19.8 Å². The van der Waals surface area contributed by atoms with Crippen LogP contribution in [0.15, 0.2) is 18.5 Å². The van der Waals surface area contributed by atoms with Crippen molar-refractivity contribution in [3.8, 4) is 0 Å². The molecule has 0 bridgehead atoms. The lowest BCUT2D eigenvalue weighted by Gasteiger charge is -2.17. The van der Waals surface area contributed by atoms with E-state index in [9.17, 15) is 4.79 Å². The Kier molecular flexibility index (Phi) is 4.74. The monoisotopic (exact) mass is 262 g/mol. The molecule has 0 spiro atoms. The smallest absolute Gasteiger partial charge is 0.253 e. The van der Waals surface area contributed by atoms with Gasteiger partial charge in [-0.25, -0.2) is 0 Å². The van der Waals surface area contributed by atoms with Crippen LogP contribution in [0.5, 0.6) is 0 Å². The minimum atomic E-state index is -0.0742. The zero-order valence-corrected chi connectivity index (χ0v) is 11.4. The third kappa shape index (κ3) is 3.67. The van der Waals surface area contributed by atoms with E-state index < -0.39 is 0 Å². The minimum absolute atomic E-state index is 0.0742. The van der Waals surface area contributed by atoms with Crippen molar-refractivity contribution >= 4 is 11.6 Å². The number of rotatable bonds is 3. The Morgan fingerprint density at radius 3 is 3.00 bits per heavy atom. The van der Waals surface area contributed by atoms with Crippen molar-refractivity contribution in [2.45, 2.75) is 45.1 Å². The van der Waals surface area contributed by atoms with Crippen molar-refractivity contribution < 1.29 is 4.79 Å². The topological polar surface area (TPSA) is 80.0 Å². The van der Waals surface area contributed by atoms with Crippen LogP contribution >= 0.6 is 0 Å². The molecule has 104 valence electrons. The molecular formula is C14H22N4O. The van der Waals surface area contributed by atoms with Crippen LogP contribution in [-0.4, -0.2) is 16.9 Å². The van der Waals surface area contributed by atoms with Gasteiger partial charge < -0.3 is 10.7 Å². The zero-order chi connectivity index (χ0) is 13.7. The molecule has 0 aliphatic heterocycles. The first kappa shape index (κ1) is 13.8. The number of hydrogen-bond donors (Lipinski definition) is 3. The van der Waals surface area contributed by atoms with Gasteiger partial charge >= 0.3 is 0 Å². The highest BCUT2D eigenvalue weighted by Crippen LogP contribution is 2.23. The lowest BCUT2D eigenvalue weighted by molar-refractivity contribution is 0.0934. The highest BCUT2D eigenvalue weighted by atomic mass is 16.1. The summed E-state index contributed by atoms with van der Waals surface area (Å²) in [6.07, 6.45) is 8.91. The van der Waals surface area contributed by atoms with Gasteiger partial charge in [-0.05, 0) is 31.2 Å². The number of aromatic nitrogens is 1. The second-order valence-corrected chi connectivity index (χ2v) is 5.35. The summed E-state index contributed by atoms with van der Waals surface area (Å²) in [6.45, 7) is 2.28. The molecule has 1 aliphatic rings. The number of nitrogens with one attached hydrogen (secondary N) is 2. The molecule has 19 heavy (non-hydrogen) atoms. The molecule has 5 heteroatoms. The van der Waals surface area contributed by atoms with Crippen molar-refractivity contribution in [3.05, 3.63) is 24.0 Å². The first-order valence-electron chi connectivity index (χ1n) is 6.92. The number of pyridine rings is 1. The van der Waals surface area contributed by atoms with Crippen molar-refractivity contribution in [2.75, 3.05) is 5.43 Å². The average molecular weight is 262 g/mol. The molecule has 1 aromatic rings. The zero-order valence-electron chi connectivity index (χ0n) is 11.4. The Balaban J connectivity index is 2.00. The highest BCUT2D eigenvalue weighted by Gasteiger charge is 2.19. The maximum Gasteiger partial charge on any atom is 0.253 e. The third-order valence-electron chi connectivity index (χ3n) is 3.81. The summed E-state index contributed by atoms with van der Waals surface area (Å²) in [5, 5.41) is 3.11. The number of nitrogen functional groups attached to an aromatic ring is 1. The van der Waals surface area contributed by atoms with Crippen LogP contribution in [-0.2, 0) is 0 Å². The van der Waals surface area contributed by atoms with Crippen molar-refractivity contribution in [1.82, 2.24) is 10.3 Å². The average Bonchev–Trinajstić information content (AvgIpc) is 2.63. The first-order valence-corrected chi connectivity index (χ1v) is 6.92. The minimum Gasteiger partial charge on any atom is -0.349 e. The molecule has 1 aromatic heterocycles. The van der Waals surface area contributed by atoms with E-state index >= 15 is 0 Å². The van der Waals surface area contributed by atoms with Crippen LogP contribution in [0.4, 0.5) is 5.69 Å². The van der Waals surface area contributed by atoms with Gasteiger partial charge in [0.1, 0.15) is 0 Å². The Bertz CT molecular complexity index is 435. The number of hydrazine groups is 1. The molecule has 1 amide bonds. The fraction of sp³-hybridized carbons (Fsp3) is 0.571. The molecule has 2 atom stereocenters. The van der Waals surface area contributed by atoms with Gasteiger partial charge in [0, 0.05) is 12.2 Å². The van der Waals surface area contributed by atoms with Gasteiger partial charge in [0.05, 0.1) is 17.4 Å². The Labute approximate surface area is 114 Å². The standard InChI is InChI=1S/C14H22N4O/c1-10-3-2-4-11(6-5-10)17-14(19)12-7-8-16-9-13(12)18-15/h7-11,18H,2-6,15H2,1H3,(H,17,19). The number of nitrogens with two attached hydrogens (primary N) is 1. The quantitative estimate of drug-likeness (QED) is 0.442. The fourth-order valence-electron chi connectivity index (χ4n) is 2.60. The highest BCUT2D eigenvalue weighted by molar-refractivity contribution is 5.99. The van der Waals surface area contributed by atoms with E-state index in [1.807, 2.05) is 0 Å². The van der Waals surface area contributed by atoms with Gasteiger partial charge in [0.25, 0.3) is 5.91 Å². The van der Waals surface area contributed by atoms with E-state index in [0.29, 0.717) is 11.3 Å². The second kappa shape index (κ2) is 6.52. The predicted molar refractivity (Wildman–Crippen MR) is 75.6 cm³/mol. The second-order valence-electron chi connectivity index (χ2n) is 5.35. The predicted octanol–water partition coefficient (Wildman–Crippen LogP) is 2.07. The number of carbonyl (C=O) groups is 1. The molecular weight excluding hydrogens is 240 g/mol. The van der Waals surface area contributed by atoms with E-state index in [1.165, 1.54) is 19.3 Å². The number of nitrogens with zero attached hydrogens (tertiary/aromatic N) is 1. The van der Waals surface area contributed by atoms with E-state index in [2.05, 4.69) is 22.7 Å². The van der Waals surface area contributed by atoms with E-state index in [-0.39, 0.29) is 11.9 Å². The summed E-state index contributed by atoms with van der Waals surface area (Å²) in [5.74, 6) is 6.09. The van der Waals surface area contributed by atoms with Gasteiger partial charge in [-0.2, -0.15) is 0 Å². The van der Waals surface area contributed by atoms with Crippen LogP contribution in [0, 0.1) is 5.92 Å². The summed E-state index contributed by atoms with van der Waals surface area (Å²) in [6, 6.07) is 1.96. The van der Waals surface area contributed by atoms with Crippen LogP contribution in [0.3, 0.4) is 0 Å². The van der Waals surface area contributed by atoms with E-state index in [4.69, 9.17) is 5.84 Å². The van der Waals surface area contributed by atoms with E-state index in [0.717, 1.165) is 18.8 Å². The number of carbonyl (C=O) groups excluding carboxylic acids is 1. The molecule has 1 fully saturated rings. The van der Waals surface area contributed by atoms with Gasteiger partial charge in [0.2, 0.25) is 0 Å². The maximum absolute atomic E-state index is 12.3. The Morgan fingerprint density at radius 1 is 1.37 bits per heavy atom. The number of hydrogen-bond acceptors (Lipinski definition) is 4. The lowest BCUT2D eigenvalue weighted by Crippen LogP contribution is -2.35. The Morgan fingerprint density at radius 2 is 2.21 bits per heavy atom. The lowest BCUT2D eigenvalue weighted by atomic mass is 10.0. The number of amides is 1. The fourth-order valence-corrected chi connectivity index (χ4v) is 2.60. The molecule has 5 nitrogen and oxygen atoms in total. The van der Waals surface area contributed by atoms with Crippen molar-refractivity contribution in [1.29, 1.82) is 0 Å². The van der Waals surface area contributed by atoms with Gasteiger partial charge in [-0.15, -0.1) is 0 Å². The largest absolute Gasteiger partial charge is 0.349 e. The number of anilines is 1. The maximum atomic E-state index is 12.3. The summed E-state index contributed by atoms with van der Waals surface area (Å²) >= 11 is 0. The Hall–Kier alpha value is -1.62. The van der Waals surface area contributed by atoms with Crippen LogP contribution in [0.1, 0.15) is 49.4 Å². The summed E-state index contributed by atoms with van der Waals surface area (Å²) in [7, 11) is 0. The molecule has 0 radical (unpaired) electrons. The summed E-state index contributed by atoms with van der Waals surface area (Å²) in [4.78, 5) is 16.2. The molecule has 1 saturated carbocycles. The third-order valence-corrected chi connectivity index (χ3v) is 3.81. The SMILES string of the molecule is CC1CCCC(NC(=O)c2ccncc2NN)CC1. The van der Waals surface area contributed by atoms with Gasteiger partial charge in [-0.3, -0.25) is 15.6 Å². The van der Waals surface area contributed by atoms with Crippen LogP contribution < -0.4 is 16.6 Å². The molecule has 1 aliphatic carbocycles. The van der Waals surface area contributed by atoms with Crippen molar-refractivity contribution in [2.24, 2.45) is 11.8 Å². The first-order chi connectivity index (χ1) is 9.20. The molecule has 1 heterocycles. The van der Waals surface area contributed by atoms with E-state index in [1.54, 1.807) is 18.5 Å². The molecule has 0 saturated heterocycles. The summed E-state index contributed by atoms with van der Waals surface area (Å²) in [5.41, 5.74) is 3.62. The normalized spacial score (nSPS) is 23.5. The molecule has 0 aromatic carbocycles.